The number of piperazine rings is 1. The Morgan fingerprint density at radius 1 is 1.25 bits per heavy atom. The molecule has 0 aliphatic carbocycles. The number of rotatable bonds is 2. The Kier molecular flexibility index (Phi) is 3.28. The van der Waals surface area contributed by atoms with Gasteiger partial charge in [0.2, 0.25) is 0 Å². The van der Waals surface area contributed by atoms with E-state index in [-0.39, 0.29) is 10.6 Å². The number of nitro benzene ring substituents is 1. The number of nitro groups is 1. The molecule has 1 atom stereocenters. The van der Waals surface area contributed by atoms with E-state index in [0.717, 1.165) is 30.7 Å². The highest BCUT2D eigenvalue weighted by Crippen LogP contribution is 2.33. The number of anilines is 1. The van der Waals surface area contributed by atoms with Crippen LogP contribution in [0, 0.1) is 10.1 Å². The lowest BCUT2D eigenvalue weighted by atomic mass is 10.0. The largest absolute Gasteiger partial charge is 0.368 e. The van der Waals surface area contributed by atoms with E-state index < -0.39 is 0 Å². The molecule has 1 aliphatic rings. The van der Waals surface area contributed by atoms with Crippen molar-refractivity contribution in [2.75, 3.05) is 24.5 Å². The van der Waals surface area contributed by atoms with Crippen LogP contribution in [-0.2, 0) is 0 Å². The fraction of sp³-hybridized carbons (Fsp3) is 0.333. The summed E-state index contributed by atoms with van der Waals surface area (Å²) in [4.78, 5) is 13.1. The lowest BCUT2D eigenvalue weighted by Crippen LogP contribution is -2.49. The molecule has 1 fully saturated rings. The second-order valence-electron chi connectivity index (χ2n) is 5.21. The molecule has 20 heavy (non-hydrogen) atoms. The van der Waals surface area contributed by atoms with Gasteiger partial charge in [0.05, 0.1) is 10.3 Å². The SMILES string of the molecule is CC1CN(c2ccc([N+](=O)[O-])c3ccccc23)CCN1. The van der Waals surface area contributed by atoms with Crippen LogP contribution < -0.4 is 10.2 Å². The zero-order chi connectivity index (χ0) is 14.1. The van der Waals surface area contributed by atoms with Crippen molar-refractivity contribution in [1.29, 1.82) is 0 Å². The summed E-state index contributed by atoms with van der Waals surface area (Å²) in [5.41, 5.74) is 1.26. The van der Waals surface area contributed by atoms with Gasteiger partial charge in [0.1, 0.15) is 0 Å². The molecule has 0 bridgehead atoms. The highest BCUT2D eigenvalue weighted by molar-refractivity contribution is 6.00. The Labute approximate surface area is 117 Å². The molecule has 2 aromatic carbocycles. The fourth-order valence-electron chi connectivity index (χ4n) is 2.85. The van der Waals surface area contributed by atoms with Gasteiger partial charge < -0.3 is 10.2 Å². The number of nitrogens with zero attached hydrogens (tertiary/aromatic N) is 2. The summed E-state index contributed by atoms with van der Waals surface area (Å²) < 4.78 is 0. The quantitative estimate of drug-likeness (QED) is 0.673. The third kappa shape index (κ3) is 2.20. The van der Waals surface area contributed by atoms with E-state index in [9.17, 15) is 10.1 Å². The molecule has 0 spiro atoms. The lowest BCUT2D eigenvalue weighted by molar-refractivity contribution is -0.383. The van der Waals surface area contributed by atoms with Crippen molar-refractivity contribution in [2.24, 2.45) is 0 Å². The first-order valence-corrected chi connectivity index (χ1v) is 6.81. The zero-order valence-corrected chi connectivity index (χ0v) is 11.4. The molecule has 1 heterocycles. The minimum Gasteiger partial charge on any atom is -0.368 e. The Morgan fingerprint density at radius 2 is 2.00 bits per heavy atom. The van der Waals surface area contributed by atoms with E-state index in [1.807, 2.05) is 30.3 Å². The molecular weight excluding hydrogens is 254 g/mol. The predicted octanol–water partition coefficient (Wildman–Crippen LogP) is 2.55. The molecule has 5 nitrogen and oxygen atoms in total. The van der Waals surface area contributed by atoms with Crippen LogP contribution in [0.1, 0.15) is 6.92 Å². The summed E-state index contributed by atoms with van der Waals surface area (Å²) in [5, 5.41) is 16.2. The third-order valence-electron chi connectivity index (χ3n) is 3.78. The molecule has 1 aliphatic heterocycles. The summed E-state index contributed by atoms with van der Waals surface area (Å²) in [5.74, 6) is 0. The first-order chi connectivity index (χ1) is 9.66. The number of hydrogen-bond acceptors (Lipinski definition) is 4. The van der Waals surface area contributed by atoms with Gasteiger partial charge in [-0.15, -0.1) is 0 Å². The van der Waals surface area contributed by atoms with Crippen LogP contribution in [0.15, 0.2) is 36.4 Å². The first kappa shape index (κ1) is 12.9. The number of nitrogens with one attached hydrogen (secondary N) is 1. The van der Waals surface area contributed by atoms with Crippen molar-refractivity contribution in [3.8, 4) is 0 Å². The van der Waals surface area contributed by atoms with Crippen LogP contribution in [0.3, 0.4) is 0 Å². The van der Waals surface area contributed by atoms with Gasteiger partial charge in [-0.3, -0.25) is 10.1 Å². The van der Waals surface area contributed by atoms with Crippen LogP contribution in [0.2, 0.25) is 0 Å². The van der Waals surface area contributed by atoms with Gasteiger partial charge in [0.25, 0.3) is 5.69 Å². The first-order valence-electron chi connectivity index (χ1n) is 6.81. The van der Waals surface area contributed by atoms with Gasteiger partial charge in [-0.1, -0.05) is 18.2 Å². The normalized spacial score (nSPS) is 19.2. The molecule has 0 radical (unpaired) electrons. The standard InChI is InChI=1S/C15H17N3O2/c1-11-10-17(9-8-16-11)14-6-7-15(18(19)20)13-5-3-2-4-12(13)14/h2-7,11,16H,8-10H2,1H3. The average molecular weight is 271 g/mol. The van der Waals surface area contributed by atoms with Crippen molar-refractivity contribution in [3.05, 3.63) is 46.5 Å². The maximum Gasteiger partial charge on any atom is 0.277 e. The molecule has 0 saturated carbocycles. The van der Waals surface area contributed by atoms with Crippen LogP contribution in [0.25, 0.3) is 10.8 Å². The van der Waals surface area contributed by atoms with Gasteiger partial charge in [-0.2, -0.15) is 0 Å². The number of fused-ring (bicyclic) bond motifs is 1. The Balaban J connectivity index is 2.12. The number of non-ortho nitro benzene ring substituents is 1. The number of benzene rings is 2. The van der Waals surface area contributed by atoms with Crippen LogP contribution in [-0.4, -0.2) is 30.6 Å². The summed E-state index contributed by atoms with van der Waals surface area (Å²) >= 11 is 0. The summed E-state index contributed by atoms with van der Waals surface area (Å²) in [6, 6.07) is 11.5. The highest BCUT2D eigenvalue weighted by atomic mass is 16.6. The minimum absolute atomic E-state index is 0.174. The minimum atomic E-state index is -0.313. The van der Waals surface area contributed by atoms with Crippen molar-refractivity contribution in [2.45, 2.75) is 13.0 Å². The monoisotopic (exact) mass is 271 g/mol. The van der Waals surface area contributed by atoms with E-state index in [4.69, 9.17) is 0 Å². The van der Waals surface area contributed by atoms with Crippen molar-refractivity contribution in [1.82, 2.24) is 5.32 Å². The molecule has 3 rings (SSSR count). The van der Waals surface area contributed by atoms with Gasteiger partial charge >= 0.3 is 0 Å². The Bertz CT molecular complexity index is 657. The molecule has 1 N–H and O–H groups in total. The second-order valence-corrected chi connectivity index (χ2v) is 5.21. The average Bonchev–Trinajstić information content (AvgIpc) is 2.46. The zero-order valence-electron chi connectivity index (χ0n) is 11.4. The molecule has 1 saturated heterocycles. The van der Waals surface area contributed by atoms with E-state index in [1.165, 1.54) is 0 Å². The summed E-state index contributed by atoms with van der Waals surface area (Å²) in [7, 11) is 0. The summed E-state index contributed by atoms with van der Waals surface area (Å²) in [6.45, 7) is 4.93. The van der Waals surface area contributed by atoms with Crippen LogP contribution in [0.5, 0.6) is 0 Å². The van der Waals surface area contributed by atoms with Crippen molar-refractivity contribution < 1.29 is 4.92 Å². The molecule has 0 amide bonds. The van der Waals surface area contributed by atoms with Crippen LogP contribution >= 0.6 is 0 Å². The Hall–Kier alpha value is -2.14. The smallest absolute Gasteiger partial charge is 0.277 e. The van der Waals surface area contributed by atoms with E-state index in [2.05, 4.69) is 17.1 Å². The van der Waals surface area contributed by atoms with Gasteiger partial charge in [-0.05, 0) is 19.1 Å². The maximum absolute atomic E-state index is 11.1. The molecular formula is C15H17N3O2. The van der Waals surface area contributed by atoms with Crippen molar-refractivity contribution in [3.63, 3.8) is 0 Å². The predicted molar refractivity (Wildman–Crippen MR) is 80.3 cm³/mol. The van der Waals surface area contributed by atoms with Crippen LogP contribution in [0.4, 0.5) is 11.4 Å². The maximum atomic E-state index is 11.1. The van der Waals surface area contributed by atoms with E-state index in [1.54, 1.807) is 6.07 Å². The second kappa shape index (κ2) is 5.09. The lowest BCUT2D eigenvalue weighted by Gasteiger charge is -2.34. The highest BCUT2D eigenvalue weighted by Gasteiger charge is 2.20. The fourth-order valence-corrected chi connectivity index (χ4v) is 2.85. The van der Waals surface area contributed by atoms with Gasteiger partial charge in [-0.25, -0.2) is 0 Å². The molecule has 104 valence electrons. The van der Waals surface area contributed by atoms with Gasteiger partial charge in [0, 0.05) is 42.8 Å². The van der Waals surface area contributed by atoms with E-state index >= 15 is 0 Å². The molecule has 5 heteroatoms. The topological polar surface area (TPSA) is 58.4 Å². The van der Waals surface area contributed by atoms with Gasteiger partial charge in [0.15, 0.2) is 0 Å². The summed E-state index contributed by atoms with van der Waals surface area (Å²) in [6.07, 6.45) is 0. The molecule has 0 aromatic heterocycles. The Morgan fingerprint density at radius 3 is 2.70 bits per heavy atom. The van der Waals surface area contributed by atoms with Crippen molar-refractivity contribution >= 4 is 22.1 Å². The third-order valence-corrected chi connectivity index (χ3v) is 3.78. The van der Waals surface area contributed by atoms with E-state index in [0.29, 0.717) is 11.4 Å². The number of hydrogen-bond donors (Lipinski definition) is 1. The molecule has 1 unspecified atom stereocenters. The molecule has 2 aromatic rings.